The third kappa shape index (κ3) is 6.27. The molecule has 158 valence electrons. The van der Waals surface area contributed by atoms with Crippen molar-refractivity contribution in [2.75, 3.05) is 0 Å². The molecule has 0 heterocycles. The first-order valence-electron chi connectivity index (χ1n) is 9.74. The summed E-state index contributed by atoms with van der Waals surface area (Å²) in [5.74, 6) is -2.11. The normalized spacial score (nSPS) is 11.6. The first-order chi connectivity index (χ1) is 14.2. The molecule has 0 aliphatic rings. The van der Waals surface area contributed by atoms with Gasteiger partial charge in [0.05, 0.1) is 5.56 Å². The van der Waals surface area contributed by atoms with Gasteiger partial charge in [0.15, 0.2) is 5.78 Å². The summed E-state index contributed by atoms with van der Waals surface area (Å²) in [6, 6.07) is 7.21. The number of hydrogen-bond donors (Lipinski definition) is 3. The van der Waals surface area contributed by atoms with E-state index < -0.39 is 17.3 Å². The quantitative estimate of drug-likeness (QED) is 0.324. The van der Waals surface area contributed by atoms with Gasteiger partial charge in [-0.3, -0.25) is 4.79 Å². The Morgan fingerprint density at radius 2 is 1.67 bits per heavy atom. The van der Waals surface area contributed by atoms with E-state index >= 15 is 0 Å². The number of aromatic hydroxyl groups is 3. The lowest BCUT2D eigenvalue weighted by Gasteiger charge is -2.19. The van der Waals surface area contributed by atoms with E-state index in [1.807, 2.05) is 26.8 Å². The summed E-state index contributed by atoms with van der Waals surface area (Å²) in [5.41, 5.74) is 2.68. The Morgan fingerprint density at radius 3 is 2.30 bits per heavy atom. The number of allylic oxidation sites excluding steroid dienone is 5. The first-order valence-corrected chi connectivity index (χ1v) is 9.74. The van der Waals surface area contributed by atoms with Crippen LogP contribution < -0.4 is 5.11 Å². The molecule has 0 atom stereocenters. The number of hydrogen-bond acceptors (Lipinski definition) is 5. The SMILES string of the molecule is CC(C)=CCC/C(C)=C/Cc1c(O)cc(O)c(C(=O)/C=C/c2ccc(O)cc2)c1[O-]. The minimum Gasteiger partial charge on any atom is -0.872 e. The lowest BCUT2D eigenvalue weighted by molar-refractivity contribution is -0.269. The highest BCUT2D eigenvalue weighted by Gasteiger charge is 2.15. The highest BCUT2D eigenvalue weighted by molar-refractivity contribution is 6.10. The van der Waals surface area contributed by atoms with Crippen LogP contribution in [0.4, 0.5) is 0 Å². The van der Waals surface area contributed by atoms with Crippen LogP contribution >= 0.6 is 0 Å². The van der Waals surface area contributed by atoms with Gasteiger partial charge in [-0.1, -0.05) is 47.3 Å². The summed E-state index contributed by atoms with van der Waals surface area (Å²) in [4.78, 5) is 12.5. The van der Waals surface area contributed by atoms with Crippen LogP contribution in [0, 0.1) is 0 Å². The van der Waals surface area contributed by atoms with Crippen molar-refractivity contribution < 1.29 is 25.2 Å². The summed E-state index contributed by atoms with van der Waals surface area (Å²) in [5, 5.41) is 42.3. The van der Waals surface area contributed by atoms with Gasteiger partial charge in [-0.05, 0) is 69.4 Å². The zero-order valence-electron chi connectivity index (χ0n) is 17.5. The molecule has 30 heavy (non-hydrogen) atoms. The van der Waals surface area contributed by atoms with Gasteiger partial charge in [-0.25, -0.2) is 0 Å². The third-order valence-electron chi connectivity index (χ3n) is 4.65. The topological polar surface area (TPSA) is 101 Å². The van der Waals surface area contributed by atoms with Gasteiger partial charge >= 0.3 is 0 Å². The Balaban J connectivity index is 2.24. The summed E-state index contributed by atoms with van der Waals surface area (Å²) in [6.07, 6.45) is 8.55. The zero-order chi connectivity index (χ0) is 22.3. The summed E-state index contributed by atoms with van der Waals surface area (Å²) in [7, 11) is 0. The lowest BCUT2D eigenvalue weighted by Crippen LogP contribution is -2.07. The number of carbonyl (C=O) groups excluding carboxylic acids is 1. The van der Waals surface area contributed by atoms with Gasteiger partial charge in [0, 0.05) is 6.07 Å². The van der Waals surface area contributed by atoms with Crippen LogP contribution in [0.15, 0.2) is 59.7 Å². The molecule has 5 heteroatoms. The molecule has 0 saturated carbocycles. The average Bonchev–Trinajstić information content (AvgIpc) is 2.66. The second-order valence-corrected chi connectivity index (χ2v) is 7.46. The Labute approximate surface area is 177 Å². The minimum atomic E-state index is -0.679. The van der Waals surface area contributed by atoms with E-state index in [2.05, 4.69) is 6.08 Å². The predicted molar refractivity (Wildman–Crippen MR) is 117 cm³/mol. The van der Waals surface area contributed by atoms with Crippen molar-refractivity contribution in [3.05, 3.63) is 76.4 Å². The molecule has 0 aliphatic heterocycles. The van der Waals surface area contributed by atoms with Crippen molar-refractivity contribution in [1.82, 2.24) is 0 Å². The second kappa shape index (κ2) is 10.3. The Morgan fingerprint density at radius 1 is 1.00 bits per heavy atom. The van der Waals surface area contributed by atoms with Gasteiger partial charge in [-0.15, -0.1) is 0 Å². The smallest absolute Gasteiger partial charge is 0.188 e. The Bertz CT molecular complexity index is 991. The monoisotopic (exact) mass is 407 g/mol. The summed E-state index contributed by atoms with van der Waals surface area (Å²) >= 11 is 0. The summed E-state index contributed by atoms with van der Waals surface area (Å²) in [6.45, 7) is 6.02. The van der Waals surface area contributed by atoms with Crippen LogP contribution in [-0.2, 0) is 6.42 Å². The zero-order valence-corrected chi connectivity index (χ0v) is 17.5. The Hall–Kier alpha value is -3.47. The van der Waals surface area contributed by atoms with Crippen molar-refractivity contribution in [2.24, 2.45) is 0 Å². The fourth-order valence-electron chi connectivity index (χ4n) is 2.92. The van der Waals surface area contributed by atoms with E-state index in [0.717, 1.165) is 24.5 Å². The molecular formula is C25H27O5-. The molecule has 0 saturated heterocycles. The molecule has 0 spiro atoms. The number of ketones is 1. The van der Waals surface area contributed by atoms with Crippen molar-refractivity contribution >= 4 is 11.9 Å². The van der Waals surface area contributed by atoms with Gasteiger partial charge < -0.3 is 20.4 Å². The van der Waals surface area contributed by atoms with E-state index in [0.29, 0.717) is 5.56 Å². The van der Waals surface area contributed by atoms with Gasteiger partial charge in [0.2, 0.25) is 0 Å². The van der Waals surface area contributed by atoms with E-state index in [-0.39, 0.29) is 29.0 Å². The molecule has 2 rings (SSSR count). The maximum Gasteiger partial charge on any atom is 0.188 e. The predicted octanol–water partition coefficient (Wildman–Crippen LogP) is 5.01. The molecule has 5 nitrogen and oxygen atoms in total. The number of benzene rings is 2. The molecule has 0 aliphatic carbocycles. The fourth-order valence-corrected chi connectivity index (χ4v) is 2.92. The van der Waals surface area contributed by atoms with Crippen LogP contribution in [0.25, 0.3) is 6.08 Å². The third-order valence-corrected chi connectivity index (χ3v) is 4.65. The van der Waals surface area contributed by atoms with Crippen molar-refractivity contribution in [1.29, 1.82) is 0 Å². The second-order valence-electron chi connectivity index (χ2n) is 7.46. The number of carbonyl (C=O) groups is 1. The highest BCUT2D eigenvalue weighted by atomic mass is 16.3. The Kier molecular flexibility index (Phi) is 7.87. The van der Waals surface area contributed by atoms with Crippen LogP contribution in [0.2, 0.25) is 0 Å². The molecule has 0 unspecified atom stereocenters. The van der Waals surface area contributed by atoms with E-state index in [4.69, 9.17) is 0 Å². The van der Waals surface area contributed by atoms with Crippen molar-refractivity contribution in [3.8, 4) is 23.0 Å². The largest absolute Gasteiger partial charge is 0.872 e. The number of phenolic OH excluding ortho intramolecular Hbond substituents is 3. The molecule has 0 fully saturated rings. The van der Waals surface area contributed by atoms with Crippen LogP contribution in [-0.4, -0.2) is 21.1 Å². The molecule has 2 aromatic carbocycles. The average molecular weight is 407 g/mol. The molecule has 2 aromatic rings. The minimum absolute atomic E-state index is 0.0794. The number of rotatable bonds is 8. The molecular weight excluding hydrogens is 380 g/mol. The van der Waals surface area contributed by atoms with Crippen LogP contribution in [0.5, 0.6) is 23.0 Å². The van der Waals surface area contributed by atoms with E-state index in [9.17, 15) is 25.2 Å². The summed E-state index contributed by atoms with van der Waals surface area (Å²) < 4.78 is 0. The maximum absolute atomic E-state index is 12.8. The molecule has 0 amide bonds. The van der Waals surface area contributed by atoms with Crippen LogP contribution in [0.3, 0.4) is 0 Å². The van der Waals surface area contributed by atoms with Crippen molar-refractivity contribution in [3.63, 3.8) is 0 Å². The molecule has 0 bridgehead atoms. The highest BCUT2D eigenvalue weighted by Crippen LogP contribution is 2.37. The van der Waals surface area contributed by atoms with Gasteiger partial charge in [0.1, 0.15) is 17.2 Å². The van der Waals surface area contributed by atoms with E-state index in [1.54, 1.807) is 12.1 Å². The van der Waals surface area contributed by atoms with Crippen LogP contribution in [0.1, 0.15) is 55.1 Å². The number of phenols is 3. The van der Waals surface area contributed by atoms with Crippen molar-refractivity contribution in [2.45, 2.75) is 40.0 Å². The standard InChI is InChI=1S/C25H28O5/c1-16(2)5-4-6-17(3)7-13-20-22(28)15-23(29)24(25(20)30)21(27)14-10-18-8-11-19(26)12-9-18/h5,7-12,14-15,26,28-30H,4,6,13H2,1-3H3/p-1/b14-10+,17-7+. The fraction of sp³-hybridized carbons (Fsp3) is 0.240. The lowest BCUT2D eigenvalue weighted by atomic mass is 9.98. The first kappa shape index (κ1) is 22.8. The maximum atomic E-state index is 12.8. The molecule has 0 radical (unpaired) electrons. The molecule has 3 N–H and O–H groups in total. The van der Waals surface area contributed by atoms with Gasteiger partial charge in [-0.2, -0.15) is 0 Å². The molecule has 0 aromatic heterocycles. The van der Waals surface area contributed by atoms with E-state index in [1.165, 1.54) is 29.9 Å². The van der Waals surface area contributed by atoms with Gasteiger partial charge in [0.25, 0.3) is 0 Å².